The van der Waals surface area contributed by atoms with Gasteiger partial charge in [0.1, 0.15) is 6.20 Å². The van der Waals surface area contributed by atoms with E-state index in [4.69, 9.17) is 4.74 Å². The maximum absolute atomic E-state index is 10.3. The molecule has 64 valence electrons. The van der Waals surface area contributed by atoms with E-state index in [1.165, 1.54) is 6.20 Å². The zero-order chi connectivity index (χ0) is 8.55. The summed E-state index contributed by atoms with van der Waals surface area (Å²) in [6.45, 7) is 1.34. The van der Waals surface area contributed by atoms with Gasteiger partial charge >= 0.3 is 11.8 Å². The lowest BCUT2D eigenvalue weighted by Crippen LogP contribution is -2.13. The Morgan fingerprint density at radius 3 is 3.25 bits per heavy atom. The molecule has 1 aliphatic heterocycles. The number of imidazole rings is 1. The molecule has 6 nitrogen and oxygen atoms in total. The van der Waals surface area contributed by atoms with Crippen molar-refractivity contribution in [3.8, 4) is 6.01 Å². The van der Waals surface area contributed by atoms with Gasteiger partial charge in [0.25, 0.3) is 0 Å². The Kier molecular flexibility index (Phi) is 1.46. The number of hydrogen-bond acceptors (Lipinski definition) is 4. The van der Waals surface area contributed by atoms with Gasteiger partial charge in [-0.15, -0.1) is 0 Å². The molecule has 0 saturated carbocycles. The first kappa shape index (κ1) is 7.08. The largest absolute Gasteiger partial charge is 0.446 e. The Hall–Kier alpha value is -1.59. The van der Waals surface area contributed by atoms with Crippen molar-refractivity contribution < 1.29 is 9.66 Å². The molecular formula is C6H7N3O3. The van der Waals surface area contributed by atoms with E-state index in [1.54, 1.807) is 4.57 Å². The third kappa shape index (κ3) is 1.01. The van der Waals surface area contributed by atoms with E-state index >= 15 is 0 Å². The molecular weight excluding hydrogens is 162 g/mol. The van der Waals surface area contributed by atoms with E-state index in [-0.39, 0.29) is 5.82 Å². The van der Waals surface area contributed by atoms with Crippen LogP contribution in [0.1, 0.15) is 6.42 Å². The summed E-state index contributed by atoms with van der Waals surface area (Å²) in [4.78, 5) is 13.5. The minimum absolute atomic E-state index is 0.146. The van der Waals surface area contributed by atoms with Crippen LogP contribution >= 0.6 is 0 Å². The fourth-order valence-electron chi connectivity index (χ4n) is 1.15. The molecule has 0 atom stereocenters. The van der Waals surface area contributed by atoms with Crippen LogP contribution in [-0.4, -0.2) is 21.1 Å². The number of fused-ring (bicyclic) bond motifs is 1. The van der Waals surface area contributed by atoms with Crippen molar-refractivity contribution in [2.45, 2.75) is 13.0 Å². The fraction of sp³-hybridized carbons (Fsp3) is 0.500. The van der Waals surface area contributed by atoms with E-state index in [0.29, 0.717) is 12.6 Å². The number of ether oxygens (including phenoxy) is 1. The van der Waals surface area contributed by atoms with Crippen molar-refractivity contribution in [1.29, 1.82) is 0 Å². The topological polar surface area (TPSA) is 70.2 Å². The maximum atomic E-state index is 10.3. The molecule has 0 aromatic carbocycles. The lowest BCUT2D eigenvalue weighted by molar-refractivity contribution is -0.389. The maximum Gasteiger partial charge on any atom is 0.414 e. The van der Waals surface area contributed by atoms with Crippen LogP contribution in [0.15, 0.2) is 6.20 Å². The van der Waals surface area contributed by atoms with Gasteiger partial charge < -0.3 is 14.9 Å². The number of nitrogens with zero attached hydrogens (tertiary/aromatic N) is 3. The first-order valence-electron chi connectivity index (χ1n) is 3.62. The Bertz CT molecular complexity index is 296. The van der Waals surface area contributed by atoms with Crippen LogP contribution in [0.25, 0.3) is 0 Å². The minimum atomic E-state index is -0.519. The zero-order valence-corrected chi connectivity index (χ0v) is 6.27. The molecule has 6 heteroatoms. The molecule has 1 aromatic rings. The van der Waals surface area contributed by atoms with E-state index in [2.05, 4.69) is 4.98 Å². The standard InChI is InChI=1S/C6H7N3O3/c10-9(11)5-4-8-2-1-3-12-6(8)7-5/h4H,1-3H2. The molecule has 0 bridgehead atoms. The Labute approximate surface area is 67.9 Å². The highest BCUT2D eigenvalue weighted by Gasteiger charge is 2.22. The smallest absolute Gasteiger partial charge is 0.414 e. The molecule has 0 spiro atoms. The highest BCUT2D eigenvalue weighted by Crippen LogP contribution is 2.20. The molecule has 0 saturated heterocycles. The van der Waals surface area contributed by atoms with Gasteiger partial charge in [0.05, 0.1) is 6.61 Å². The summed E-state index contributed by atoms with van der Waals surface area (Å²) in [6.07, 6.45) is 2.27. The summed E-state index contributed by atoms with van der Waals surface area (Å²) in [5, 5.41) is 10.3. The second-order valence-electron chi connectivity index (χ2n) is 2.53. The normalized spacial score (nSPS) is 15.0. The highest BCUT2D eigenvalue weighted by molar-refractivity contribution is 5.20. The molecule has 2 rings (SSSR count). The van der Waals surface area contributed by atoms with Crippen molar-refractivity contribution in [2.75, 3.05) is 6.61 Å². The predicted molar refractivity (Wildman–Crippen MR) is 39.0 cm³/mol. The van der Waals surface area contributed by atoms with Crippen molar-refractivity contribution in [2.24, 2.45) is 0 Å². The molecule has 2 heterocycles. The third-order valence-corrected chi connectivity index (χ3v) is 1.69. The highest BCUT2D eigenvalue weighted by atomic mass is 16.6. The third-order valence-electron chi connectivity index (χ3n) is 1.69. The van der Waals surface area contributed by atoms with E-state index < -0.39 is 4.92 Å². The number of rotatable bonds is 1. The lowest BCUT2D eigenvalue weighted by atomic mass is 10.4. The fourth-order valence-corrected chi connectivity index (χ4v) is 1.15. The van der Waals surface area contributed by atoms with Gasteiger partial charge in [-0.05, 0) is 11.3 Å². The van der Waals surface area contributed by atoms with Gasteiger partial charge in [-0.1, -0.05) is 0 Å². The molecule has 1 aromatic heterocycles. The SMILES string of the molecule is O=[N+]([O-])c1cn2c(n1)OCCC2. The number of hydrogen-bond donors (Lipinski definition) is 0. The summed E-state index contributed by atoms with van der Waals surface area (Å²) in [7, 11) is 0. The van der Waals surface area contributed by atoms with Crippen LogP contribution in [-0.2, 0) is 6.54 Å². The summed E-state index contributed by atoms with van der Waals surface area (Å²) >= 11 is 0. The quantitative estimate of drug-likeness (QED) is 0.455. The molecule has 0 unspecified atom stereocenters. The molecule has 0 fully saturated rings. The second-order valence-corrected chi connectivity index (χ2v) is 2.53. The second kappa shape index (κ2) is 2.47. The van der Waals surface area contributed by atoms with Gasteiger partial charge in [-0.25, -0.2) is 0 Å². The summed E-state index contributed by atoms with van der Waals surface area (Å²) in [5.41, 5.74) is 0. The van der Waals surface area contributed by atoms with E-state index in [0.717, 1.165) is 13.0 Å². The summed E-state index contributed by atoms with van der Waals surface area (Å²) in [6, 6.07) is 0.355. The van der Waals surface area contributed by atoms with Crippen LogP contribution in [0, 0.1) is 10.1 Å². The number of aryl methyl sites for hydroxylation is 1. The average molecular weight is 169 g/mol. The molecule has 12 heavy (non-hydrogen) atoms. The van der Waals surface area contributed by atoms with Crippen molar-refractivity contribution >= 4 is 5.82 Å². The van der Waals surface area contributed by atoms with Gasteiger partial charge in [-0.3, -0.25) is 4.57 Å². The minimum Gasteiger partial charge on any atom is -0.446 e. The Balaban J connectivity index is 2.38. The first-order valence-corrected chi connectivity index (χ1v) is 3.62. The van der Waals surface area contributed by atoms with Crippen LogP contribution in [0.5, 0.6) is 6.01 Å². The Morgan fingerprint density at radius 1 is 1.75 bits per heavy atom. The van der Waals surface area contributed by atoms with Crippen LogP contribution in [0.2, 0.25) is 0 Å². The van der Waals surface area contributed by atoms with Gasteiger partial charge in [0, 0.05) is 11.5 Å². The van der Waals surface area contributed by atoms with Crippen LogP contribution in [0.3, 0.4) is 0 Å². The summed E-state index contributed by atoms with van der Waals surface area (Å²) in [5.74, 6) is -0.146. The molecule has 0 aliphatic carbocycles. The average Bonchev–Trinajstić information content (AvgIpc) is 2.46. The van der Waals surface area contributed by atoms with Gasteiger partial charge in [-0.2, -0.15) is 0 Å². The molecule has 1 aliphatic rings. The number of nitro groups is 1. The van der Waals surface area contributed by atoms with Crippen molar-refractivity contribution in [1.82, 2.24) is 9.55 Å². The van der Waals surface area contributed by atoms with Crippen LogP contribution in [0.4, 0.5) is 5.82 Å². The Morgan fingerprint density at radius 2 is 2.58 bits per heavy atom. The molecule has 0 radical (unpaired) electrons. The van der Waals surface area contributed by atoms with Crippen molar-refractivity contribution in [3.05, 3.63) is 16.3 Å². The lowest BCUT2D eigenvalue weighted by Gasteiger charge is -2.09. The van der Waals surface area contributed by atoms with Crippen LogP contribution < -0.4 is 4.74 Å². The summed E-state index contributed by atoms with van der Waals surface area (Å²) < 4.78 is 6.76. The monoisotopic (exact) mass is 169 g/mol. The first-order chi connectivity index (χ1) is 5.77. The van der Waals surface area contributed by atoms with Crippen molar-refractivity contribution in [3.63, 3.8) is 0 Å². The van der Waals surface area contributed by atoms with Gasteiger partial charge in [0.2, 0.25) is 0 Å². The zero-order valence-electron chi connectivity index (χ0n) is 6.27. The number of aromatic nitrogens is 2. The molecule has 0 N–H and O–H groups in total. The predicted octanol–water partition coefficient (Wildman–Crippen LogP) is 0.574. The van der Waals surface area contributed by atoms with Gasteiger partial charge in [0.15, 0.2) is 0 Å². The van der Waals surface area contributed by atoms with E-state index in [1.807, 2.05) is 0 Å². The van der Waals surface area contributed by atoms with E-state index in [9.17, 15) is 10.1 Å². The molecule has 0 amide bonds.